The van der Waals surface area contributed by atoms with E-state index in [4.69, 9.17) is 0 Å². The first-order chi connectivity index (χ1) is 13.9. The number of piperazine rings is 1. The van der Waals surface area contributed by atoms with E-state index in [-0.39, 0.29) is 0 Å². The number of hydrogen-bond acceptors (Lipinski definition) is 8. The molecule has 0 amide bonds. The molecule has 1 aliphatic heterocycles. The van der Waals surface area contributed by atoms with Crippen molar-refractivity contribution in [2.24, 2.45) is 0 Å². The first-order valence-electron chi connectivity index (χ1n) is 9.22. The maximum absolute atomic E-state index is 4.58. The summed E-state index contributed by atoms with van der Waals surface area (Å²) in [6.07, 6.45) is 10.5. The van der Waals surface area contributed by atoms with Crippen molar-refractivity contribution in [1.82, 2.24) is 39.4 Å². The van der Waals surface area contributed by atoms with Gasteiger partial charge in [0.2, 0.25) is 5.65 Å². The SMILES string of the molecule is c1ccc(CN2CCN(c3nccn4c(-c5cnccn5)nnc34)CC2)nc1. The summed E-state index contributed by atoms with van der Waals surface area (Å²) in [6.45, 7) is 4.53. The molecule has 0 bridgehead atoms. The van der Waals surface area contributed by atoms with Crippen molar-refractivity contribution in [3.63, 3.8) is 0 Å². The van der Waals surface area contributed by atoms with Crippen LogP contribution in [0.15, 0.2) is 55.4 Å². The van der Waals surface area contributed by atoms with Gasteiger partial charge in [-0.2, -0.15) is 0 Å². The van der Waals surface area contributed by atoms with E-state index in [0.717, 1.165) is 49.9 Å². The Labute approximate surface area is 161 Å². The molecule has 4 aromatic heterocycles. The van der Waals surface area contributed by atoms with Crippen LogP contribution in [0.5, 0.6) is 0 Å². The van der Waals surface area contributed by atoms with E-state index in [0.29, 0.717) is 11.5 Å². The topological polar surface area (TPSA) is 88.2 Å². The standard InChI is InChI=1S/C19H19N9/c1-2-4-21-15(3-1)14-26-9-11-27(12-10-26)18-19-25-24-17(28(19)8-7-23-18)16-13-20-5-6-22-16/h1-8,13H,9-12,14H2. The van der Waals surface area contributed by atoms with Crippen LogP contribution in [0.2, 0.25) is 0 Å². The van der Waals surface area contributed by atoms with E-state index in [9.17, 15) is 0 Å². The van der Waals surface area contributed by atoms with E-state index >= 15 is 0 Å². The van der Waals surface area contributed by atoms with Crippen LogP contribution in [-0.4, -0.2) is 65.6 Å². The molecule has 0 radical (unpaired) electrons. The lowest BCUT2D eigenvalue weighted by Crippen LogP contribution is -2.46. The van der Waals surface area contributed by atoms with Gasteiger partial charge in [-0.25, -0.2) is 9.97 Å². The Balaban J connectivity index is 1.35. The molecule has 0 aliphatic carbocycles. The Kier molecular flexibility index (Phi) is 4.34. The number of rotatable bonds is 4. The van der Waals surface area contributed by atoms with Crippen molar-refractivity contribution in [3.8, 4) is 11.5 Å². The van der Waals surface area contributed by atoms with E-state index in [2.05, 4.69) is 46.0 Å². The second-order valence-corrected chi connectivity index (χ2v) is 6.64. The van der Waals surface area contributed by atoms with Gasteiger partial charge in [0.05, 0.1) is 11.9 Å². The highest BCUT2D eigenvalue weighted by Gasteiger charge is 2.22. The summed E-state index contributed by atoms with van der Waals surface area (Å²) in [6, 6.07) is 6.05. The molecule has 5 rings (SSSR count). The minimum atomic E-state index is 0.667. The average molecular weight is 373 g/mol. The van der Waals surface area contributed by atoms with Crippen molar-refractivity contribution in [2.45, 2.75) is 6.54 Å². The summed E-state index contributed by atoms with van der Waals surface area (Å²) in [4.78, 5) is 22.1. The van der Waals surface area contributed by atoms with Crippen LogP contribution in [0, 0.1) is 0 Å². The number of hydrogen-bond donors (Lipinski definition) is 0. The van der Waals surface area contributed by atoms with Crippen molar-refractivity contribution in [1.29, 1.82) is 0 Å². The number of nitrogens with zero attached hydrogens (tertiary/aromatic N) is 9. The molecule has 0 aromatic carbocycles. The zero-order chi connectivity index (χ0) is 18.8. The Morgan fingerprint density at radius 2 is 1.79 bits per heavy atom. The van der Waals surface area contributed by atoms with Crippen LogP contribution in [0.4, 0.5) is 5.82 Å². The van der Waals surface area contributed by atoms with Gasteiger partial charge < -0.3 is 4.90 Å². The van der Waals surface area contributed by atoms with Crippen molar-refractivity contribution in [2.75, 3.05) is 31.1 Å². The zero-order valence-electron chi connectivity index (χ0n) is 15.3. The fraction of sp³-hybridized carbons (Fsp3) is 0.263. The molecule has 0 saturated carbocycles. The molecule has 9 nitrogen and oxygen atoms in total. The second-order valence-electron chi connectivity index (χ2n) is 6.64. The third-order valence-corrected chi connectivity index (χ3v) is 4.88. The Morgan fingerprint density at radius 1 is 0.857 bits per heavy atom. The van der Waals surface area contributed by atoms with Gasteiger partial charge in [-0.1, -0.05) is 6.07 Å². The van der Waals surface area contributed by atoms with Crippen molar-refractivity contribution < 1.29 is 0 Å². The second kappa shape index (κ2) is 7.28. The Hall–Kier alpha value is -3.46. The highest BCUT2D eigenvalue weighted by Crippen LogP contribution is 2.22. The maximum atomic E-state index is 4.58. The maximum Gasteiger partial charge on any atom is 0.204 e. The highest BCUT2D eigenvalue weighted by atomic mass is 15.3. The number of aromatic nitrogens is 7. The lowest BCUT2D eigenvalue weighted by molar-refractivity contribution is 0.246. The third-order valence-electron chi connectivity index (χ3n) is 4.88. The molecule has 4 aromatic rings. The van der Waals surface area contributed by atoms with Gasteiger partial charge in [0.25, 0.3) is 0 Å². The summed E-state index contributed by atoms with van der Waals surface area (Å²) in [5, 5.41) is 8.69. The van der Waals surface area contributed by atoms with Gasteiger partial charge in [0.1, 0.15) is 5.69 Å². The molecule has 0 spiro atoms. The van der Waals surface area contributed by atoms with Gasteiger partial charge in [-0.15, -0.1) is 10.2 Å². The predicted octanol–water partition coefficient (Wildman–Crippen LogP) is 1.30. The van der Waals surface area contributed by atoms with Crippen molar-refractivity contribution in [3.05, 3.63) is 61.1 Å². The van der Waals surface area contributed by atoms with Gasteiger partial charge in [-0.05, 0) is 12.1 Å². The fourth-order valence-electron chi connectivity index (χ4n) is 3.46. The number of pyridine rings is 1. The Morgan fingerprint density at radius 3 is 2.57 bits per heavy atom. The number of fused-ring (bicyclic) bond motifs is 1. The lowest BCUT2D eigenvalue weighted by atomic mass is 10.2. The molecule has 28 heavy (non-hydrogen) atoms. The van der Waals surface area contributed by atoms with Gasteiger partial charge in [-0.3, -0.25) is 19.3 Å². The van der Waals surface area contributed by atoms with E-state index < -0.39 is 0 Å². The minimum Gasteiger partial charge on any atom is -0.351 e. The molecule has 1 aliphatic rings. The van der Waals surface area contributed by atoms with Gasteiger partial charge >= 0.3 is 0 Å². The normalized spacial score (nSPS) is 15.2. The first kappa shape index (κ1) is 16.7. The lowest BCUT2D eigenvalue weighted by Gasteiger charge is -2.35. The average Bonchev–Trinajstić information content (AvgIpc) is 3.20. The predicted molar refractivity (Wildman–Crippen MR) is 104 cm³/mol. The molecule has 140 valence electrons. The molecule has 0 atom stereocenters. The summed E-state index contributed by atoms with van der Waals surface area (Å²) in [7, 11) is 0. The molecule has 1 fully saturated rings. The number of anilines is 1. The molecule has 0 N–H and O–H groups in total. The molecular weight excluding hydrogens is 354 g/mol. The third kappa shape index (κ3) is 3.16. The van der Waals surface area contributed by atoms with Crippen LogP contribution >= 0.6 is 0 Å². The smallest absolute Gasteiger partial charge is 0.204 e. The summed E-state index contributed by atoms with van der Waals surface area (Å²) >= 11 is 0. The quantitative estimate of drug-likeness (QED) is 0.529. The van der Waals surface area contributed by atoms with Crippen LogP contribution in [0.3, 0.4) is 0 Å². The summed E-state index contributed by atoms with van der Waals surface area (Å²) in [5.74, 6) is 1.52. The van der Waals surface area contributed by atoms with Crippen LogP contribution in [0.1, 0.15) is 5.69 Å². The largest absolute Gasteiger partial charge is 0.351 e. The highest BCUT2D eigenvalue weighted by molar-refractivity contribution is 5.67. The zero-order valence-corrected chi connectivity index (χ0v) is 15.3. The van der Waals surface area contributed by atoms with Gasteiger partial charge in [0.15, 0.2) is 11.6 Å². The van der Waals surface area contributed by atoms with Gasteiger partial charge in [0, 0.05) is 63.7 Å². The monoisotopic (exact) mass is 373 g/mol. The minimum absolute atomic E-state index is 0.667. The Bertz CT molecular complexity index is 1060. The molecule has 1 saturated heterocycles. The van der Waals surface area contributed by atoms with E-state index in [1.807, 2.05) is 28.9 Å². The first-order valence-corrected chi connectivity index (χ1v) is 9.22. The van der Waals surface area contributed by atoms with Crippen LogP contribution < -0.4 is 4.90 Å². The molecule has 0 unspecified atom stereocenters. The fourth-order valence-corrected chi connectivity index (χ4v) is 3.46. The van der Waals surface area contributed by atoms with Crippen molar-refractivity contribution >= 4 is 11.5 Å². The molecule has 9 heteroatoms. The van der Waals surface area contributed by atoms with Crippen LogP contribution in [0.25, 0.3) is 17.2 Å². The van der Waals surface area contributed by atoms with E-state index in [1.54, 1.807) is 24.8 Å². The van der Waals surface area contributed by atoms with Crippen LogP contribution in [-0.2, 0) is 6.54 Å². The molecule has 5 heterocycles. The summed E-state index contributed by atoms with van der Waals surface area (Å²) in [5.41, 5.74) is 2.52. The summed E-state index contributed by atoms with van der Waals surface area (Å²) < 4.78 is 1.92. The van der Waals surface area contributed by atoms with E-state index in [1.165, 1.54) is 0 Å². The molecular formula is C19H19N9.